The van der Waals surface area contributed by atoms with Gasteiger partial charge in [-0.3, -0.25) is 4.79 Å². The van der Waals surface area contributed by atoms with Gasteiger partial charge in [0.05, 0.1) is 0 Å². The summed E-state index contributed by atoms with van der Waals surface area (Å²) in [6.07, 6.45) is 0.467. The summed E-state index contributed by atoms with van der Waals surface area (Å²) in [6, 6.07) is 7.35. The van der Waals surface area contributed by atoms with Crippen molar-refractivity contribution in [1.82, 2.24) is 5.32 Å². The SMILES string of the molecule is CCC(=O)c1cc2cc(O[C@@H](C)CNC(C)S)ccc2o1. The molecule has 1 aromatic carbocycles. The van der Waals surface area contributed by atoms with E-state index in [0.29, 0.717) is 24.3 Å². The highest BCUT2D eigenvalue weighted by molar-refractivity contribution is 7.80. The Morgan fingerprint density at radius 1 is 1.38 bits per heavy atom. The fourth-order valence-corrected chi connectivity index (χ4v) is 2.12. The lowest BCUT2D eigenvalue weighted by molar-refractivity contribution is 0.0963. The van der Waals surface area contributed by atoms with Crippen LogP contribution in [0.4, 0.5) is 0 Å². The fourth-order valence-electron chi connectivity index (χ4n) is 2.02. The molecule has 1 N–H and O–H groups in total. The van der Waals surface area contributed by atoms with Gasteiger partial charge in [-0.2, -0.15) is 12.6 Å². The molecule has 0 radical (unpaired) electrons. The lowest BCUT2D eigenvalue weighted by atomic mass is 10.2. The van der Waals surface area contributed by atoms with Crippen molar-refractivity contribution in [1.29, 1.82) is 0 Å². The maximum atomic E-state index is 11.7. The van der Waals surface area contributed by atoms with Crippen molar-refractivity contribution in [3.05, 3.63) is 30.0 Å². The van der Waals surface area contributed by atoms with E-state index in [4.69, 9.17) is 9.15 Å². The van der Waals surface area contributed by atoms with E-state index < -0.39 is 0 Å². The van der Waals surface area contributed by atoms with E-state index in [9.17, 15) is 4.79 Å². The second-order valence-electron chi connectivity index (χ2n) is 5.10. The molecule has 0 spiro atoms. The average Bonchev–Trinajstić information content (AvgIpc) is 2.87. The Hall–Kier alpha value is -1.46. The number of furan rings is 1. The number of Topliss-reactive ketones (excluding diaryl/α,β-unsaturated/α-hetero) is 1. The van der Waals surface area contributed by atoms with E-state index >= 15 is 0 Å². The molecule has 5 heteroatoms. The average molecular weight is 307 g/mol. The third-order valence-corrected chi connectivity index (χ3v) is 3.30. The highest BCUT2D eigenvalue weighted by atomic mass is 32.1. The minimum absolute atomic E-state index is 0.00834. The predicted octanol–water partition coefficient (Wildman–Crippen LogP) is 3.66. The van der Waals surface area contributed by atoms with Crippen LogP contribution < -0.4 is 10.1 Å². The Labute approximate surface area is 130 Å². The molecule has 0 fully saturated rings. The van der Waals surface area contributed by atoms with Crippen LogP contribution in [0.5, 0.6) is 5.75 Å². The molecule has 0 aliphatic heterocycles. The van der Waals surface area contributed by atoms with Crippen molar-refractivity contribution in [3.63, 3.8) is 0 Å². The first kappa shape index (κ1) is 15.9. The molecule has 4 nitrogen and oxygen atoms in total. The standard InChI is InChI=1S/C16H21NO3S/c1-4-14(18)16-8-12-7-13(5-6-15(12)20-16)19-10(2)9-17-11(3)21/h5-8,10-11,17,21H,4,9H2,1-3H3/t10-,11?/m0/s1. The van der Waals surface area contributed by atoms with Gasteiger partial charge < -0.3 is 14.5 Å². The molecular weight excluding hydrogens is 286 g/mol. The summed E-state index contributed by atoms with van der Waals surface area (Å²) in [4.78, 5) is 11.7. The minimum atomic E-state index is 0.00834. The van der Waals surface area contributed by atoms with Crippen molar-refractivity contribution in [2.75, 3.05) is 6.54 Å². The molecule has 0 amide bonds. The first-order valence-corrected chi connectivity index (χ1v) is 7.66. The lowest BCUT2D eigenvalue weighted by Crippen LogP contribution is -2.32. The van der Waals surface area contributed by atoms with E-state index in [1.807, 2.05) is 39.0 Å². The molecule has 2 atom stereocenters. The lowest BCUT2D eigenvalue weighted by Gasteiger charge is -2.16. The van der Waals surface area contributed by atoms with Crippen LogP contribution in [0.25, 0.3) is 11.0 Å². The number of hydrogen-bond donors (Lipinski definition) is 2. The molecule has 0 aliphatic rings. The quantitative estimate of drug-likeness (QED) is 0.466. The Bertz CT molecular complexity index is 621. The number of nitrogens with one attached hydrogen (secondary N) is 1. The van der Waals surface area contributed by atoms with Gasteiger partial charge in [0, 0.05) is 23.7 Å². The Morgan fingerprint density at radius 2 is 2.14 bits per heavy atom. The molecule has 0 aliphatic carbocycles. The summed E-state index contributed by atoms with van der Waals surface area (Å²) in [6.45, 7) is 6.50. The van der Waals surface area contributed by atoms with Crippen molar-refractivity contribution in [3.8, 4) is 5.75 Å². The zero-order chi connectivity index (χ0) is 15.4. The second kappa shape index (κ2) is 7.00. The molecule has 0 bridgehead atoms. The van der Waals surface area contributed by atoms with Gasteiger partial charge in [0.2, 0.25) is 0 Å². The van der Waals surface area contributed by atoms with Gasteiger partial charge in [-0.05, 0) is 38.1 Å². The largest absolute Gasteiger partial charge is 0.489 e. The number of benzene rings is 1. The number of carbonyl (C=O) groups is 1. The highest BCUT2D eigenvalue weighted by Gasteiger charge is 2.12. The van der Waals surface area contributed by atoms with Gasteiger partial charge in [0.25, 0.3) is 0 Å². The molecule has 0 saturated carbocycles. The molecule has 0 saturated heterocycles. The topological polar surface area (TPSA) is 51.5 Å². The van der Waals surface area contributed by atoms with Gasteiger partial charge in [0.1, 0.15) is 17.4 Å². The smallest absolute Gasteiger partial charge is 0.197 e. The van der Waals surface area contributed by atoms with E-state index in [2.05, 4.69) is 17.9 Å². The molecule has 114 valence electrons. The van der Waals surface area contributed by atoms with Gasteiger partial charge in [-0.15, -0.1) is 0 Å². The third-order valence-electron chi connectivity index (χ3n) is 3.12. The summed E-state index contributed by atoms with van der Waals surface area (Å²) in [5.74, 6) is 1.18. The number of ether oxygens (including phenoxy) is 1. The predicted molar refractivity (Wildman–Crippen MR) is 87.4 cm³/mol. The van der Waals surface area contributed by atoms with Gasteiger partial charge in [0.15, 0.2) is 11.5 Å². The molecule has 2 aromatic rings. The summed E-state index contributed by atoms with van der Waals surface area (Å²) >= 11 is 4.27. The normalized spacial score (nSPS) is 14.1. The molecule has 1 unspecified atom stereocenters. The van der Waals surface area contributed by atoms with Crippen LogP contribution in [0.1, 0.15) is 37.7 Å². The number of hydrogen-bond acceptors (Lipinski definition) is 5. The molecule has 21 heavy (non-hydrogen) atoms. The van der Waals surface area contributed by atoms with Gasteiger partial charge in [-0.25, -0.2) is 0 Å². The number of thiol groups is 1. The van der Waals surface area contributed by atoms with E-state index in [-0.39, 0.29) is 17.3 Å². The van der Waals surface area contributed by atoms with Crippen LogP contribution >= 0.6 is 12.6 Å². The molecule has 1 heterocycles. The van der Waals surface area contributed by atoms with Crippen LogP contribution in [-0.2, 0) is 0 Å². The van der Waals surface area contributed by atoms with Crippen LogP contribution in [0.3, 0.4) is 0 Å². The third kappa shape index (κ3) is 4.25. The van der Waals surface area contributed by atoms with E-state index in [1.54, 1.807) is 6.07 Å². The number of rotatable bonds is 7. The molecular formula is C16H21NO3S. The van der Waals surface area contributed by atoms with Crippen LogP contribution in [0.2, 0.25) is 0 Å². The molecule has 2 rings (SSSR count). The number of ketones is 1. The van der Waals surface area contributed by atoms with Crippen LogP contribution in [0.15, 0.2) is 28.7 Å². The highest BCUT2D eigenvalue weighted by Crippen LogP contribution is 2.25. The fraction of sp³-hybridized carbons (Fsp3) is 0.438. The van der Waals surface area contributed by atoms with Crippen LogP contribution in [-0.4, -0.2) is 23.8 Å². The minimum Gasteiger partial charge on any atom is -0.489 e. The zero-order valence-corrected chi connectivity index (χ0v) is 13.4. The first-order chi connectivity index (χ1) is 9.99. The van der Waals surface area contributed by atoms with E-state index in [1.165, 1.54) is 0 Å². The summed E-state index contributed by atoms with van der Waals surface area (Å²) in [5, 5.41) is 4.22. The second-order valence-corrected chi connectivity index (χ2v) is 5.87. The maximum absolute atomic E-state index is 11.7. The van der Waals surface area contributed by atoms with Crippen molar-refractivity contribution in [2.45, 2.75) is 38.7 Å². The summed E-state index contributed by atoms with van der Waals surface area (Å²) in [7, 11) is 0. The Morgan fingerprint density at radius 3 is 2.81 bits per heavy atom. The Balaban J connectivity index is 2.09. The van der Waals surface area contributed by atoms with E-state index in [0.717, 1.165) is 11.1 Å². The summed E-state index contributed by atoms with van der Waals surface area (Å²) < 4.78 is 11.4. The first-order valence-electron chi connectivity index (χ1n) is 7.14. The van der Waals surface area contributed by atoms with Crippen molar-refractivity contribution < 1.29 is 13.9 Å². The van der Waals surface area contributed by atoms with Gasteiger partial charge >= 0.3 is 0 Å². The Kier molecular flexibility index (Phi) is 5.31. The van der Waals surface area contributed by atoms with Crippen molar-refractivity contribution in [2.24, 2.45) is 0 Å². The molecule has 1 aromatic heterocycles. The summed E-state index contributed by atoms with van der Waals surface area (Å²) in [5.41, 5.74) is 0.703. The monoisotopic (exact) mass is 307 g/mol. The van der Waals surface area contributed by atoms with Crippen LogP contribution in [0, 0.1) is 0 Å². The number of carbonyl (C=O) groups excluding carboxylic acids is 1. The maximum Gasteiger partial charge on any atom is 0.197 e. The zero-order valence-electron chi connectivity index (χ0n) is 12.6. The number of fused-ring (bicyclic) bond motifs is 1. The van der Waals surface area contributed by atoms with Crippen molar-refractivity contribution >= 4 is 29.4 Å². The van der Waals surface area contributed by atoms with Gasteiger partial charge in [-0.1, -0.05) is 6.92 Å².